The maximum atomic E-state index is 11.7. The molecule has 0 heterocycles. The van der Waals surface area contributed by atoms with Crippen LogP contribution in [-0.2, 0) is 4.74 Å². The molecule has 0 radical (unpaired) electrons. The maximum absolute atomic E-state index is 11.7. The lowest BCUT2D eigenvalue weighted by molar-refractivity contribution is 0.0505. The van der Waals surface area contributed by atoms with Crippen molar-refractivity contribution < 1.29 is 9.53 Å². The number of hydrogen-bond acceptors (Lipinski definition) is 4. The van der Waals surface area contributed by atoms with E-state index in [0.717, 1.165) is 17.8 Å². The van der Waals surface area contributed by atoms with Crippen LogP contribution in [0.5, 0.6) is 0 Å². The van der Waals surface area contributed by atoms with Gasteiger partial charge in [-0.25, -0.2) is 4.79 Å². The molecule has 0 aliphatic heterocycles. The Morgan fingerprint density at radius 2 is 1.95 bits per heavy atom. The monoisotopic (exact) mass is 270 g/mol. The second kappa shape index (κ2) is 6.61. The van der Waals surface area contributed by atoms with Gasteiger partial charge in [0.15, 0.2) is 0 Å². The molecule has 4 heteroatoms. The summed E-state index contributed by atoms with van der Waals surface area (Å²) in [6.07, 6.45) is 0.800. The molecule has 2 rings (SSSR count). The van der Waals surface area contributed by atoms with Crippen LogP contribution in [0.15, 0.2) is 48.5 Å². The highest BCUT2D eigenvalue weighted by Crippen LogP contribution is 2.24. The Labute approximate surface area is 118 Å². The molecule has 104 valence electrons. The van der Waals surface area contributed by atoms with Crippen molar-refractivity contribution in [2.45, 2.75) is 13.3 Å². The van der Waals surface area contributed by atoms with Gasteiger partial charge in [0.05, 0.1) is 23.5 Å². The third-order valence-corrected chi connectivity index (χ3v) is 2.78. The first-order valence-electron chi connectivity index (χ1n) is 6.59. The molecule has 0 aliphatic rings. The number of hydrogen-bond donors (Lipinski definition) is 2. The molecule has 0 fully saturated rings. The van der Waals surface area contributed by atoms with Gasteiger partial charge in [0, 0.05) is 5.69 Å². The Kier molecular flexibility index (Phi) is 4.60. The molecule has 0 amide bonds. The van der Waals surface area contributed by atoms with Gasteiger partial charge in [-0.3, -0.25) is 0 Å². The van der Waals surface area contributed by atoms with Crippen LogP contribution in [0.4, 0.5) is 17.1 Å². The van der Waals surface area contributed by atoms with Crippen molar-refractivity contribution in [3.8, 4) is 0 Å². The van der Waals surface area contributed by atoms with Crippen molar-refractivity contribution in [3.63, 3.8) is 0 Å². The number of nitrogens with two attached hydrogens (primary N) is 1. The average Bonchev–Trinajstić information content (AvgIpc) is 2.48. The zero-order chi connectivity index (χ0) is 14.4. The van der Waals surface area contributed by atoms with E-state index in [1.807, 2.05) is 37.3 Å². The standard InChI is InChI=1S/C16H18N2O2/c1-2-10-20-16(19)12-8-9-15(14(17)11-12)18-13-6-4-3-5-7-13/h3-9,11,18H,2,10,17H2,1H3. The number of anilines is 3. The maximum Gasteiger partial charge on any atom is 0.338 e. The minimum absolute atomic E-state index is 0.343. The predicted octanol–water partition coefficient (Wildman–Crippen LogP) is 3.58. The van der Waals surface area contributed by atoms with Crippen LogP contribution in [0.3, 0.4) is 0 Å². The van der Waals surface area contributed by atoms with Crippen molar-refractivity contribution in [1.82, 2.24) is 0 Å². The van der Waals surface area contributed by atoms with E-state index in [0.29, 0.717) is 17.9 Å². The van der Waals surface area contributed by atoms with Crippen molar-refractivity contribution in [1.29, 1.82) is 0 Å². The van der Waals surface area contributed by atoms with Gasteiger partial charge in [-0.15, -0.1) is 0 Å². The molecule has 0 saturated carbocycles. The highest BCUT2D eigenvalue weighted by Gasteiger charge is 2.09. The summed E-state index contributed by atoms with van der Waals surface area (Å²) in [5.41, 5.74) is 8.66. The smallest absolute Gasteiger partial charge is 0.338 e. The van der Waals surface area contributed by atoms with E-state index in [1.165, 1.54) is 0 Å². The zero-order valence-corrected chi connectivity index (χ0v) is 11.4. The number of nitrogens with one attached hydrogen (secondary N) is 1. The molecule has 2 aromatic rings. The first-order chi connectivity index (χ1) is 9.70. The highest BCUT2D eigenvalue weighted by atomic mass is 16.5. The molecule has 0 saturated heterocycles. The van der Waals surface area contributed by atoms with Crippen molar-refractivity contribution in [2.24, 2.45) is 0 Å². The summed E-state index contributed by atoms with van der Waals surface area (Å²) < 4.78 is 5.08. The summed E-state index contributed by atoms with van der Waals surface area (Å²) in [6.45, 7) is 2.37. The molecular formula is C16H18N2O2. The summed E-state index contributed by atoms with van der Waals surface area (Å²) in [6, 6.07) is 14.8. The average molecular weight is 270 g/mol. The SMILES string of the molecule is CCCOC(=O)c1ccc(Nc2ccccc2)c(N)c1. The van der Waals surface area contributed by atoms with Crippen LogP contribution >= 0.6 is 0 Å². The summed E-state index contributed by atoms with van der Waals surface area (Å²) in [5.74, 6) is -0.343. The van der Waals surface area contributed by atoms with E-state index in [9.17, 15) is 4.79 Å². The molecule has 0 atom stereocenters. The van der Waals surface area contributed by atoms with Gasteiger partial charge in [0.2, 0.25) is 0 Å². The lowest BCUT2D eigenvalue weighted by Crippen LogP contribution is -2.07. The van der Waals surface area contributed by atoms with Gasteiger partial charge >= 0.3 is 5.97 Å². The van der Waals surface area contributed by atoms with E-state index in [1.54, 1.807) is 18.2 Å². The zero-order valence-electron chi connectivity index (χ0n) is 11.4. The van der Waals surface area contributed by atoms with Gasteiger partial charge in [-0.2, -0.15) is 0 Å². The lowest BCUT2D eigenvalue weighted by Gasteiger charge is -2.10. The lowest BCUT2D eigenvalue weighted by atomic mass is 10.1. The number of ether oxygens (including phenoxy) is 1. The van der Waals surface area contributed by atoms with E-state index >= 15 is 0 Å². The molecule has 2 aromatic carbocycles. The third kappa shape index (κ3) is 3.51. The van der Waals surface area contributed by atoms with Crippen molar-refractivity contribution in [3.05, 3.63) is 54.1 Å². The van der Waals surface area contributed by atoms with Gasteiger partial charge in [-0.1, -0.05) is 25.1 Å². The number of nitrogen functional groups attached to an aromatic ring is 1. The third-order valence-electron chi connectivity index (χ3n) is 2.78. The van der Waals surface area contributed by atoms with Gasteiger partial charge in [0.25, 0.3) is 0 Å². The fourth-order valence-corrected chi connectivity index (χ4v) is 1.76. The summed E-state index contributed by atoms with van der Waals surface area (Å²) in [5, 5.41) is 3.20. The van der Waals surface area contributed by atoms with E-state index in [-0.39, 0.29) is 5.97 Å². The fraction of sp³-hybridized carbons (Fsp3) is 0.188. The minimum Gasteiger partial charge on any atom is -0.462 e. The van der Waals surface area contributed by atoms with Gasteiger partial charge in [0.1, 0.15) is 0 Å². The van der Waals surface area contributed by atoms with Gasteiger partial charge in [-0.05, 0) is 36.8 Å². The molecule has 3 N–H and O–H groups in total. The topological polar surface area (TPSA) is 64.3 Å². The largest absolute Gasteiger partial charge is 0.462 e. The van der Waals surface area contributed by atoms with Crippen LogP contribution < -0.4 is 11.1 Å². The molecule has 0 aliphatic carbocycles. The number of rotatable bonds is 5. The number of carbonyl (C=O) groups is 1. The molecule has 0 unspecified atom stereocenters. The number of carbonyl (C=O) groups excluding carboxylic acids is 1. The molecule has 20 heavy (non-hydrogen) atoms. The van der Waals surface area contributed by atoms with Crippen LogP contribution in [0.1, 0.15) is 23.7 Å². The molecule has 0 bridgehead atoms. The molecular weight excluding hydrogens is 252 g/mol. The van der Waals surface area contributed by atoms with Crippen LogP contribution in [-0.4, -0.2) is 12.6 Å². The fourth-order valence-electron chi connectivity index (χ4n) is 1.76. The second-order valence-electron chi connectivity index (χ2n) is 4.43. The normalized spacial score (nSPS) is 10.1. The number of benzene rings is 2. The highest BCUT2D eigenvalue weighted by molar-refractivity contribution is 5.92. The predicted molar refractivity (Wildman–Crippen MR) is 81.2 cm³/mol. The summed E-state index contributed by atoms with van der Waals surface area (Å²) in [7, 11) is 0. The van der Waals surface area contributed by atoms with Crippen molar-refractivity contribution in [2.75, 3.05) is 17.7 Å². The van der Waals surface area contributed by atoms with Crippen LogP contribution in [0.2, 0.25) is 0 Å². The molecule has 0 aromatic heterocycles. The number of para-hydroxylation sites is 1. The van der Waals surface area contributed by atoms with Crippen LogP contribution in [0, 0.1) is 0 Å². The second-order valence-corrected chi connectivity index (χ2v) is 4.43. The minimum atomic E-state index is -0.343. The summed E-state index contributed by atoms with van der Waals surface area (Å²) in [4.78, 5) is 11.7. The Morgan fingerprint density at radius 3 is 2.60 bits per heavy atom. The van der Waals surface area contributed by atoms with E-state index < -0.39 is 0 Å². The van der Waals surface area contributed by atoms with E-state index in [2.05, 4.69) is 5.32 Å². The Hall–Kier alpha value is -2.49. The van der Waals surface area contributed by atoms with Crippen LogP contribution in [0.25, 0.3) is 0 Å². The molecule has 0 spiro atoms. The Balaban J connectivity index is 2.12. The Bertz CT molecular complexity index is 582. The first kappa shape index (κ1) is 13.9. The molecule has 4 nitrogen and oxygen atoms in total. The first-order valence-corrected chi connectivity index (χ1v) is 6.59. The Morgan fingerprint density at radius 1 is 1.20 bits per heavy atom. The van der Waals surface area contributed by atoms with Crippen molar-refractivity contribution >= 4 is 23.0 Å². The number of esters is 1. The van der Waals surface area contributed by atoms with Gasteiger partial charge < -0.3 is 15.8 Å². The van der Waals surface area contributed by atoms with E-state index in [4.69, 9.17) is 10.5 Å². The summed E-state index contributed by atoms with van der Waals surface area (Å²) >= 11 is 0. The quantitative estimate of drug-likeness (QED) is 0.644.